The first kappa shape index (κ1) is 26.2. The number of anilines is 1. The summed E-state index contributed by atoms with van der Waals surface area (Å²) < 4.78 is 46.6. The second-order valence-corrected chi connectivity index (χ2v) is 8.60. The lowest BCUT2D eigenvalue weighted by Crippen LogP contribution is -2.45. The number of aromatic nitrogens is 2. The Morgan fingerprint density at radius 2 is 1.78 bits per heavy atom. The van der Waals surface area contributed by atoms with E-state index in [4.69, 9.17) is 21.6 Å². The molecular formula is C24H23F3N6O3. The quantitative estimate of drug-likeness (QED) is 0.205. The Labute approximate surface area is 205 Å². The maximum atomic E-state index is 13.1. The average Bonchev–Trinajstić information content (AvgIpc) is 2.82. The molecule has 12 heteroatoms. The molecule has 1 heterocycles. The monoisotopic (exact) mass is 500 g/mol. The molecule has 0 atom stereocenters. The van der Waals surface area contributed by atoms with Gasteiger partial charge in [0.15, 0.2) is 0 Å². The molecule has 0 fully saturated rings. The predicted octanol–water partition coefficient (Wildman–Crippen LogP) is 3.92. The first-order valence-corrected chi connectivity index (χ1v) is 10.5. The Morgan fingerprint density at radius 3 is 2.42 bits per heavy atom. The van der Waals surface area contributed by atoms with E-state index in [-0.39, 0.29) is 41.9 Å². The summed E-state index contributed by atoms with van der Waals surface area (Å²) in [7, 11) is 0. The number of carbonyl (C=O) groups excluding carboxylic acids is 1. The average molecular weight is 500 g/mol. The summed E-state index contributed by atoms with van der Waals surface area (Å²) in [4.78, 5) is 21.0. The third-order valence-corrected chi connectivity index (χ3v) is 4.90. The molecule has 0 saturated carbocycles. The second kappa shape index (κ2) is 10.5. The highest BCUT2D eigenvalue weighted by molar-refractivity contribution is 6.00. The van der Waals surface area contributed by atoms with Gasteiger partial charge >= 0.3 is 12.4 Å². The maximum absolute atomic E-state index is 13.1. The van der Waals surface area contributed by atoms with Crippen LogP contribution in [0.15, 0.2) is 54.7 Å². The Bertz CT molecular complexity index is 1270. The number of ether oxygens (including phenoxy) is 2. The van der Waals surface area contributed by atoms with E-state index in [0.29, 0.717) is 11.1 Å². The zero-order valence-corrected chi connectivity index (χ0v) is 19.4. The van der Waals surface area contributed by atoms with Gasteiger partial charge in [0, 0.05) is 23.8 Å². The third kappa shape index (κ3) is 7.07. The number of hydrazine groups is 1. The van der Waals surface area contributed by atoms with Crippen LogP contribution < -0.4 is 21.1 Å². The number of carbonyl (C=O) groups is 1. The minimum absolute atomic E-state index is 0.0284. The van der Waals surface area contributed by atoms with Gasteiger partial charge in [-0.15, -0.1) is 13.2 Å². The van der Waals surface area contributed by atoms with Crippen LogP contribution in [0.3, 0.4) is 0 Å². The normalized spacial score (nSPS) is 11.5. The third-order valence-electron chi connectivity index (χ3n) is 4.90. The van der Waals surface area contributed by atoms with Crippen LogP contribution in [-0.2, 0) is 0 Å². The number of alkyl halides is 3. The highest BCUT2D eigenvalue weighted by Crippen LogP contribution is 2.29. The van der Waals surface area contributed by atoms with Crippen molar-refractivity contribution in [1.82, 2.24) is 15.0 Å². The number of nitrogen functional groups attached to an aromatic ring is 1. The molecule has 0 spiro atoms. The number of hydrogen-bond acceptors (Lipinski definition) is 8. The highest BCUT2D eigenvalue weighted by atomic mass is 19.4. The van der Waals surface area contributed by atoms with Gasteiger partial charge < -0.3 is 15.2 Å². The van der Waals surface area contributed by atoms with E-state index in [2.05, 4.69) is 14.7 Å². The molecule has 3 aromatic rings. The van der Waals surface area contributed by atoms with Gasteiger partial charge in [0.2, 0.25) is 0 Å². The molecule has 36 heavy (non-hydrogen) atoms. The molecule has 9 nitrogen and oxygen atoms in total. The fraction of sp³-hybridized carbons (Fsp3) is 0.250. The van der Waals surface area contributed by atoms with Crippen molar-refractivity contribution < 1.29 is 27.4 Å². The molecule has 0 aliphatic heterocycles. The standard InChI is InChI=1S/C24H23F3N6O3/c1-23(2,14-35-22-31-10-9-17(12-28)32-22)13-33(30)21(34)19-11-16(5-8-20(19)29)15-3-6-18(7-4-15)36-24(25,26)27/h3-11H,13-14,29-30H2,1-2H3. The molecule has 0 aliphatic carbocycles. The van der Waals surface area contributed by atoms with Crippen LogP contribution in [0.4, 0.5) is 18.9 Å². The predicted molar refractivity (Wildman–Crippen MR) is 124 cm³/mol. The zero-order valence-electron chi connectivity index (χ0n) is 19.4. The molecule has 1 aromatic heterocycles. The summed E-state index contributed by atoms with van der Waals surface area (Å²) in [6, 6.07) is 13.3. The Morgan fingerprint density at radius 1 is 1.11 bits per heavy atom. The number of nitriles is 1. The van der Waals surface area contributed by atoms with Crippen LogP contribution in [0.5, 0.6) is 11.8 Å². The lowest BCUT2D eigenvalue weighted by atomic mass is 9.94. The van der Waals surface area contributed by atoms with Gasteiger partial charge in [-0.2, -0.15) is 10.2 Å². The molecule has 0 saturated heterocycles. The number of nitrogens with zero attached hydrogens (tertiary/aromatic N) is 4. The van der Waals surface area contributed by atoms with E-state index in [0.717, 1.165) is 5.01 Å². The molecule has 4 N–H and O–H groups in total. The van der Waals surface area contributed by atoms with Crippen LogP contribution in [0, 0.1) is 16.7 Å². The van der Waals surface area contributed by atoms with E-state index in [1.165, 1.54) is 48.7 Å². The van der Waals surface area contributed by atoms with Crippen molar-refractivity contribution in [3.63, 3.8) is 0 Å². The van der Waals surface area contributed by atoms with Crippen molar-refractivity contribution >= 4 is 11.6 Å². The SMILES string of the molecule is CC(C)(COc1nccc(C#N)n1)CN(N)C(=O)c1cc(-c2ccc(OC(F)(F)F)cc2)ccc1N. The van der Waals surface area contributed by atoms with Gasteiger partial charge in [-0.05, 0) is 41.5 Å². The molecule has 0 bridgehead atoms. The van der Waals surface area contributed by atoms with Crippen molar-refractivity contribution in [2.75, 3.05) is 18.9 Å². The topological polar surface area (TPSA) is 140 Å². The number of benzene rings is 2. The second-order valence-electron chi connectivity index (χ2n) is 8.60. The first-order valence-electron chi connectivity index (χ1n) is 10.5. The minimum Gasteiger partial charge on any atom is -0.463 e. The number of hydrogen-bond donors (Lipinski definition) is 2. The van der Waals surface area contributed by atoms with Crippen molar-refractivity contribution in [3.05, 3.63) is 66.0 Å². The van der Waals surface area contributed by atoms with Gasteiger partial charge in [-0.3, -0.25) is 9.80 Å². The number of halogens is 3. The lowest BCUT2D eigenvalue weighted by Gasteiger charge is -2.29. The minimum atomic E-state index is -4.79. The van der Waals surface area contributed by atoms with Gasteiger partial charge in [0.1, 0.15) is 17.5 Å². The zero-order chi connectivity index (χ0) is 26.5. The summed E-state index contributed by atoms with van der Waals surface area (Å²) in [6.45, 7) is 3.82. The summed E-state index contributed by atoms with van der Waals surface area (Å²) >= 11 is 0. The van der Waals surface area contributed by atoms with E-state index >= 15 is 0 Å². The highest BCUT2D eigenvalue weighted by Gasteiger charge is 2.31. The van der Waals surface area contributed by atoms with Crippen LogP contribution in [0.1, 0.15) is 29.9 Å². The summed E-state index contributed by atoms with van der Waals surface area (Å²) in [5, 5.41) is 9.94. The molecule has 188 valence electrons. The van der Waals surface area contributed by atoms with Gasteiger partial charge in [0.25, 0.3) is 5.91 Å². The van der Waals surface area contributed by atoms with E-state index < -0.39 is 17.7 Å². The van der Waals surface area contributed by atoms with Gasteiger partial charge in [-0.1, -0.05) is 32.0 Å². The molecule has 0 radical (unpaired) electrons. The molecule has 0 unspecified atom stereocenters. The van der Waals surface area contributed by atoms with E-state index in [1.54, 1.807) is 6.07 Å². The number of amides is 1. The van der Waals surface area contributed by atoms with Crippen LogP contribution in [-0.4, -0.2) is 40.4 Å². The molecule has 2 aromatic carbocycles. The molecule has 1 amide bonds. The van der Waals surface area contributed by atoms with Crippen molar-refractivity contribution in [3.8, 4) is 29.0 Å². The fourth-order valence-corrected chi connectivity index (χ4v) is 3.24. The Kier molecular flexibility index (Phi) is 7.65. The van der Waals surface area contributed by atoms with E-state index in [9.17, 15) is 18.0 Å². The first-order chi connectivity index (χ1) is 16.9. The van der Waals surface area contributed by atoms with Crippen molar-refractivity contribution in [2.24, 2.45) is 11.3 Å². The van der Waals surface area contributed by atoms with Gasteiger partial charge in [-0.25, -0.2) is 10.8 Å². The summed E-state index contributed by atoms with van der Waals surface area (Å²) in [6.07, 6.45) is -3.39. The summed E-state index contributed by atoms with van der Waals surface area (Å²) in [5.41, 5.74) is 6.96. The van der Waals surface area contributed by atoms with Gasteiger partial charge in [0.05, 0.1) is 12.2 Å². The molecular weight excluding hydrogens is 477 g/mol. The largest absolute Gasteiger partial charge is 0.573 e. The maximum Gasteiger partial charge on any atom is 0.573 e. The Hall–Kier alpha value is -4.37. The van der Waals surface area contributed by atoms with Crippen LogP contribution in [0.25, 0.3) is 11.1 Å². The molecule has 0 aliphatic rings. The van der Waals surface area contributed by atoms with E-state index in [1.807, 2.05) is 19.9 Å². The van der Waals surface area contributed by atoms with Crippen molar-refractivity contribution in [2.45, 2.75) is 20.2 Å². The Balaban J connectivity index is 1.70. The number of nitrogens with two attached hydrogens (primary N) is 2. The van der Waals surface area contributed by atoms with Crippen LogP contribution in [0.2, 0.25) is 0 Å². The smallest absolute Gasteiger partial charge is 0.463 e. The number of rotatable bonds is 8. The van der Waals surface area contributed by atoms with Crippen LogP contribution >= 0.6 is 0 Å². The summed E-state index contributed by atoms with van der Waals surface area (Å²) in [5.74, 6) is 5.15. The molecule has 3 rings (SSSR count). The lowest BCUT2D eigenvalue weighted by molar-refractivity contribution is -0.274. The fourth-order valence-electron chi connectivity index (χ4n) is 3.24. The van der Waals surface area contributed by atoms with Crippen molar-refractivity contribution in [1.29, 1.82) is 5.26 Å².